The van der Waals surface area contributed by atoms with Crippen LogP contribution in [0, 0.1) is 0 Å². The summed E-state index contributed by atoms with van der Waals surface area (Å²) in [5.74, 6) is -3.17. The lowest BCUT2D eigenvalue weighted by molar-refractivity contribution is 0.0939. The van der Waals surface area contributed by atoms with E-state index in [2.05, 4.69) is 25.5 Å². The lowest BCUT2D eigenvalue weighted by Crippen LogP contribution is -2.29. The van der Waals surface area contributed by atoms with Crippen LogP contribution in [0.4, 0.5) is 0 Å². The summed E-state index contributed by atoms with van der Waals surface area (Å²) in [5, 5.41) is 21.6. The second-order valence-corrected chi connectivity index (χ2v) is 8.31. The summed E-state index contributed by atoms with van der Waals surface area (Å²) in [6, 6.07) is 15.3. The molecule has 4 aromatic rings. The molecule has 11 heteroatoms. The third kappa shape index (κ3) is 4.41. The summed E-state index contributed by atoms with van der Waals surface area (Å²) in [6.45, 7) is 0. The molecule has 4 rings (SSSR count). The van der Waals surface area contributed by atoms with E-state index in [1.807, 2.05) is 12.1 Å². The molecule has 0 fully saturated rings. The highest BCUT2D eigenvalue weighted by Gasteiger charge is 2.33. The molecule has 0 saturated carbocycles. The van der Waals surface area contributed by atoms with Crippen LogP contribution in [0.25, 0.3) is 22.3 Å². The highest BCUT2D eigenvalue weighted by Crippen LogP contribution is 2.50. The lowest BCUT2D eigenvalue weighted by Gasteiger charge is -2.21. The van der Waals surface area contributed by atoms with Gasteiger partial charge in [-0.1, -0.05) is 36.4 Å². The van der Waals surface area contributed by atoms with Gasteiger partial charge in [0.1, 0.15) is 11.3 Å². The van der Waals surface area contributed by atoms with Crippen molar-refractivity contribution in [3.05, 3.63) is 78.1 Å². The largest absolute Gasteiger partial charge is 0.493 e. The van der Waals surface area contributed by atoms with Crippen LogP contribution in [0.1, 0.15) is 21.7 Å². The highest BCUT2D eigenvalue weighted by molar-refractivity contribution is 7.52. The maximum absolute atomic E-state index is 12.7. The van der Waals surface area contributed by atoms with Gasteiger partial charge in [0, 0.05) is 12.4 Å². The molecule has 0 bridgehead atoms. The van der Waals surface area contributed by atoms with Gasteiger partial charge in [0.25, 0.3) is 5.91 Å². The molecule has 0 aliphatic heterocycles. The highest BCUT2D eigenvalue weighted by atomic mass is 31.2. The summed E-state index contributed by atoms with van der Waals surface area (Å²) in [4.78, 5) is 40.2. The van der Waals surface area contributed by atoms with Crippen molar-refractivity contribution in [2.24, 2.45) is 0 Å². The Bertz CT molecular complexity index is 1310. The molecule has 10 nitrogen and oxygen atoms in total. The van der Waals surface area contributed by atoms with Crippen LogP contribution < -0.4 is 5.32 Å². The number of hydrogen-bond donors (Lipinski definition) is 4. The summed E-state index contributed by atoms with van der Waals surface area (Å²) in [5.41, 5.74) is 0.165. The van der Waals surface area contributed by atoms with Crippen LogP contribution in [0.3, 0.4) is 0 Å². The molecule has 0 aliphatic carbocycles. The van der Waals surface area contributed by atoms with Gasteiger partial charge in [0.15, 0.2) is 11.6 Å². The van der Waals surface area contributed by atoms with Gasteiger partial charge in [-0.15, -0.1) is 5.10 Å². The van der Waals surface area contributed by atoms with Crippen molar-refractivity contribution in [2.75, 3.05) is 0 Å². The van der Waals surface area contributed by atoms with Gasteiger partial charge in [0.2, 0.25) is 5.88 Å². The van der Waals surface area contributed by atoms with E-state index in [9.17, 15) is 24.3 Å². The monoisotopic (exact) mass is 437 g/mol. The normalized spacial score (nSPS) is 12.5. The summed E-state index contributed by atoms with van der Waals surface area (Å²) < 4.78 is 12.1. The molecule has 31 heavy (non-hydrogen) atoms. The third-order valence-electron chi connectivity index (χ3n) is 4.51. The Labute approximate surface area is 175 Å². The standard InChI is InChI=1S/C20H16N5O5P/c26-18-15(11-21-17(23-18)16-6-3-9-22-25-16)19(27)24-20(31(28,29)30)14-8-7-12-4-1-2-5-13(12)10-14/h1-11,20H,(H,24,27)(H,21,23,26)(H2,28,29,30). The predicted octanol–water partition coefficient (Wildman–Crippen LogP) is 2.40. The molecular formula is C20H16N5O5P. The molecule has 1 amide bonds. The third-order valence-corrected chi connectivity index (χ3v) is 5.61. The molecule has 2 heterocycles. The maximum atomic E-state index is 12.7. The number of hydrogen-bond acceptors (Lipinski definition) is 7. The van der Waals surface area contributed by atoms with E-state index in [0.717, 1.165) is 17.0 Å². The molecule has 1 unspecified atom stereocenters. The van der Waals surface area contributed by atoms with Crippen LogP contribution in [0.15, 0.2) is 67.0 Å². The fourth-order valence-corrected chi connectivity index (χ4v) is 3.85. The Morgan fingerprint density at radius 2 is 1.81 bits per heavy atom. The van der Waals surface area contributed by atoms with Gasteiger partial charge in [-0.2, -0.15) is 10.1 Å². The number of rotatable bonds is 5. The van der Waals surface area contributed by atoms with Gasteiger partial charge >= 0.3 is 7.60 Å². The van der Waals surface area contributed by atoms with E-state index >= 15 is 0 Å². The van der Waals surface area contributed by atoms with Crippen molar-refractivity contribution in [3.63, 3.8) is 0 Å². The Balaban J connectivity index is 1.64. The Morgan fingerprint density at radius 1 is 1.03 bits per heavy atom. The van der Waals surface area contributed by atoms with E-state index in [-0.39, 0.29) is 22.6 Å². The molecule has 1 atom stereocenters. The van der Waals surface area contributed by atoms with Crippen LogP contribution >= 0.6 is 7.60 Å². The van der Waals surface area contributed by atoms with Gasteiger partial charge in [-0.25, -0.2) is 4.98 Å². The molecular weight excluding hydrogens is 421 g/mol. The topological polar surface area (TPSA) is 158 Å². The number of aromatic nitrogens is 4. The van der Waals surface area contributed by atoms with Crippen molar-refractivity contribution >= 4 is 24.3 Å². The Hall–Kier alpha value is -3.72. The average Bonchev–Trinajstić information content (AvgIpc) is 2.76. The molecule has 2 aromatic carbocycles. The summed E-state index contributed by atoms with van der Waals surface area (Å²) >= 11 is 0. The maximum Gasteiger partial charge on any atom is 0.352 e. The first kappa shape index (κ1) is 20.5. The number of benzene rings is 2. The number of aromatic hydroxyl groups is 1. The zero-order valence-corrected chi connectivity index (χ0v) is 16.7. The number of carbonyl (C=O) groups is 1. The van der Waals surface area contributed by atoms with E-state index in [1.54, 1.807) is 36.4 Å². The van der Waals surface area contributed by atoms with Crippen LogP contribution in [-0.2, 0) is 4.57 Å². The molecule has 0 aliphatic rings. The second kappa shape index (κ2) is 8.19. The fraction of sp³-hybridized carbons (Fsp3) is 0.0500. The zero-order chi connectivity index (χ0) is 22.0. The Morgan fingerprint density at radius 3 is 2.48 bits per heavy atom. The SMILES string of the molecule is O=C(NC(c1ccc2ccccc2c1)P(=O)(O)O)c1cnc(-c2cccnn2)nc1O. The second-order valence-electron chi connectivity index (χ2n) is 6.61. The van der Waals surface area contributed by atoms with Crippen molar-refractivity contribution in [1.82, 2.24) is 25.5 Å². The number of nitrogens with zero attached hydrogens (tertiary/aromatic N) is 4. The van der Waals surface area contributed by atoms with Crippen molar-refractivity contribution < 1.29 is 24.3 Å². The van der Waals surface area contributed by atoms with Gasteiger partial charge in [-0.05, 0) is 34.5 Å². The van der Waals surface area contributed by atoms with E-state index in [0.29, 0.717) is 0 Å². The Kier molecular flexibility index (Phi) is 5.43. The first-order valence-corrected chi connectivity index (χ1v) is 10.7. The van der Waals surface area contributed by atoms with E-state index in [1.165, 1.54) is 12.3 Å². The average molecular weight is 437 g/mol. The van der Waals surface area contributed by atoms with Crippen molar-refractivity contribution in [3.8, 4) is 17.4 Å². The summed E-state index contributed by atoms with van der Waals surface area (Å²) in [7, 11) is -4.80. The molecule has 2 aromatic heterocycles. The van der Waals surface area contributed by atoms with Gasteiger partial charge < -0.3 is 20.2 Å². The minimum atomic E-state index is -4.80. The molecule has 0 saturated heterocycles. The fourth-order valence-electron chi connectivity index (χ4n) is 3.02. The molecule has 156 valence electrons. The molecule has 0 spiro atoms. The van der Waals surface area contributed by atoms with E-state index < -0.39 is 25.2 Å². The number of nitrogens with one attached hydrogen (secondary N) is 1. The van der Waals surface area contributed by atoms with Crippen LogP contribution in [-0.4, -0.2) is 41.0 Å². The van der Waals surface area contributed by atoms with Crippen molar-refractivity contribution in [1.29, 1.82) is 0 Å². The quantitative estimate of drug-likeness (QED) is 0.344. The molecule has 4 N–H and O–H groups in total. The number of amides is 1. The van der Waals surface area contributed by atoms with Crippen LogP contribution in [0.2, 0.25) is 0 Å². The minimum Gasteiger partial charge on any atom is -0.493 e. The lowest BCUT2D eigenvalue weighted by atomic mass is 10.1. The first-order chi connectivity index (χ1) is 14.8. The van der Waals surface area contributed by atoms with E-state index in [4.69, 9.17) is 0 Å². The minimum absolute atomic E-state index is 0.0446. The summed E-state index contributed by atoms with van der Waals surface area (Å²) in [6.07, 6.45) is 2.51. The molecule has 0 radical (unpaired) electrons. The number of fused-ring (bicyclic) bond motifs is 1. The zero-order valence-electron chi connectivity index (χ0n) is 15.8. The number of carbonyl (C=O) groups excluding carboxylic acids is 1. The van der Waals surface area contributed by atoms with Crippen LogP contribution in [0.5, 0.6) is 5.88 Å². The smallest absolute Gasteiger partial charge is 0.352 e. The van der Waals surface area contributed by atoms with Crippen molar-refractivity contribution in [2.45, 2.75) is 5.78 Å². The predicted molar refractivity (Wildman–Crippen MR) is 111 cm³/mol. The van der Waals surface area contributed by atoms with Gasteiger partial charge in [-0.3, -0.25) is 9.36 Å². The van der Waals surface area contributed by atoms with Gasteiger partial charge in [0.05, 0.1) is 0 Å². The first-order valence-electron chi connectivity index (χ1n) is 9.02.